The van der Waals surface area contributed by atoms with Gasteiger partial charge in [0, 0.05) is 18.0 Å². The van der Waals surface area contributed by atoms with Crippen molar-refractivity contribution in [3.8, 4) is 12.8 Å². The number of hydrogen-bond acceptors (Lipinski definition) is 2. The van der Waals surface area contributed by atoms with Gasteiger partial charge in [-0.3, -0.25) is 9.78 Å². The van der Waals surface area contributed by atoms with E-state index in [0.717, 1.165) is 6.29 Å². The Hall–Kier alpha value is -1.62. The molecule has 0 aromatic carbocycles. The molecule has 1 heterocycles. The Morgan fingerprint density at radius 2 is 1.80 bits per heavy atom. The molecule has 0 fully saturated rings. The Balaban J connectivity index is 0.000000371. The van der Waals surface area contributed by atoms with Crippen molar-refractivity contribution in [1.82, 2.24) is 4.98 Å². The van der Waals surface area contributed by atoms with Crippen LogP contribution < -0.4 is 0 Å². The second-order valence-corrected chi connectivity index (χ2v) is 1.40. The van der Waals surface area contributed by atoms with Crippen LogP contribution in [-0.4, -0.2) is 11.3 Å². The summed E-state index contributed by atoms with van der Waals surface area (Å²) >= 11 is 0. The zero-order chi connectivity index (χ0) is 7.82. The standard InChI is InChI=1S/C6H5NO.C2H2/c8-5-6-1-3-7-4-2-6;1-2/h1-5H;1-2H. The fraction of sp³-hybridized carbons (Fsp3) is 0. The lowest BCUT2D eigenvalue weighted by Gasteiger charge is -1.81. The molecule has 2 nitrogen and oxygen atoms in total. The first-order valence-electron chi connectivity index (χ1n) is 2.62. The highest BCUT2D eigenvalue weighted by atomic mass is 16.1. The van der Waals surface area contributed by atoms with Crippen molar-refractivity contribution in [1.29, 1.82) is 0 Å². The molecule has 0 unspecified atom stereocenters. The van der Waals surface area contributed by atoms with Crippen LogP contribution in [0.4, 0.5) is 0 Å². The zero-order valence-electron chi connectivity index (χ0n) is 5.40. The van der Waals surface area contributed by atoms with Gasteiger partial charge in [0.05, 0.1) is 0 Å². The van der Waals surface area contributed by atoms with Crippen LogP contribution in [0.5, 0.6) is 0 Å². The molecule has 0 spiro atoms. The zero-order valence-corrected chi connectivity index (χ0v) is 5.40. The van der Waals surface area contributed by atoms with E-state index >= 15 is 0 Å². The molecule has 0 radical (unpaired) electrons. The molecule has 0 atom stereocenters. The molecular weight excluding hydrogens is 126 g/mol. The average Bonchev–Trinajstić information content (AvgIpc) is 2.10. The van der Waals surface area contributed by atoms with E-state index in [2.05, 4.69) is 17.8 Å². The second-order valence-electron chi connectivity index (χ2n) is 1.40. The molecule has 0 saturated carbocycles. The average molecular weight is 133 g/mol. The number of hydrogen-bond donors (Lipinski definition) is 0. The van der Waals surface area contributed by atoms with E-state index in [1.165, 1.54) is 0 Å². The number of aromatic nitrogens is 1. The van der Waals surface area contributed by atoms with Crippen molar-refractivity contribution in [2.45, 2.75) is 0 Å². The third-order valence-corrected chi connectivity index (χ3v) is 0.842. The van der Waals surface area contributed by atoms with E-state index in [-0.39, 0.29) is 0 Å². The van der Waals surface area contributed by atoms with Crippen LogP contribution in [0.2, 0.25) is 0 Å². The summed E-state index contributed by atoms with van der Waals surface area (Å²) < 4.78 is 0. The lowest BCUT2D eigenvalue weighted by atomic mass is 10.3. The van der Waals surface area contributed by atoms with Gasteiger partial charge in [-0.05, 0) is 12.1 Å². The highest BCUT2D eigenvalue weighted by Crippen LogP contribution is 1.88. The molecule has 1 aromatic heterocycles. The minimum Gasteiger partial charge on any atom is -0.298 e. The molecule has 50 valence electrons. The molecule has 0 bridgehead atoms. The summed E-state index contributed by atoms with van der Waals surface area (Å²) in [6.07, 6.45) is 12.0. The van der Waals surface area contributed by atoms with Crippen LogP contribution in [0.3, 0.4) is 0 Å². The van der Waals surface area contributed by atoms with Crippen molar-refractivity contribution < 1.29 is 4.79 Å². The summed E-state index contributed by atoms with van der Waals surface area (Å²) in [6.45, 7) is 0. The van der Waals surface area contributed by atoms with Gasteiger partial charge in [0.15, 0.2) is 0 Å². The maximum absolute atomic E-state index is 9.98. The molecule has 0 aliphatic rings. The molecule has 0 saturated heterocycles. The third-order valence-electron chi connectivity index (χ3n) is 0.842. The highest BCUT2D eigenvalue weighted by molar-refractivity contribution is 5.73. The number of carbonyl (C=O) groups excluding carboxylic acids is 1. The molecule has 0 aliphatic carbocycles. The van der Waals surface area contributed by atoms with Crippen LogP contribution in [0.15, 0.2) is 24.5 Å². The first-order chi connectivity index (χ1) is 4.93. The lowest BCUT2D eigenvalue weighted by molar-refractivity contribution is 0.112. The summed E-state index contributed by atoms with van der Waals surface area (Å²) in [6, 6.07) is 3.32. The van der Waals surface area contributed by atoms with Crippen molar-refractivity contribution >= 4 is 6.29 Å². The Morgan fingerprint density at radius 1 is 1.30 bits per heavy atom. The number of carbonyl (C=O) groups is 1. The van der Waals surface area contributed by atoms with E-state index in [1.807, 2.05) is 0 Å². The van der Waals surface area contributed by atoms with Crippen molar-refractivity contribution in [3.05, 3.63) is 30.1 Å². The fourth-order valence-corrected chi connectivity index (χ4v) is 0.442. The topological polar surface area (TPSA) is 30.0 Å². The van der Waals surface area contributed by atoms with Gasteiger partial charge in [-0.1, -0.05) is 0 Å². The quantitative estimate of drug-likeness (QED) is 0.424. The summed E-state index contributed by atoms with van der Waals surface area (Å²) in [5.41, 5.74) is 0.667. The molecular formula is C8H7NO. The summed E-state index contributed by atoms with van der Waals surface area (Å²) in [4.78, 5) is 13.7. The van der Waals surface area contributed by atoms with Gasteiger partial charge in [0.2, 0.25) is 0 Å². The first-order valence-corrected chi connectivity index (χ1v) is 2.62. The molecule has 10 heavy (non-hydrogen) atoms. The van der Waals surface area contributed by atoms with Crippen LogP contribution in [0.25, 0.3) is 0 Å². The number of aldehydes is 1. The van der Waals surface area contributed by atoms with Gasteiger partial charge in [-0.15, -0.1) is 12.8 Å². The van der Waals surface area contributed by atoms with Crippen LogP contribution in [-0.2, 0) is 0 Å². The van der Waals surface area contributed by atoms with Crippen molar-refractivity contribution in [2.24, 2.45) is 0 Å². The predicted molar refractivity (Wildman–Crippen MR) is 39.5 cm³/mol. The predicted octanol–water partition coefficient (Wildman–Crippen LogP) is 1.14. The normalized spacial score (nSPS) is 7.00. The number of nitrogens with zero attached hydrogens (tertiary/aromatic N) is 1. The Bertz CT molecular complexity index is 203. The smallest absolute Gasteiger partial charge is 0.150 e. The Morgan fingerprint density at radius 3 is 2.10 bits per heavy atom. The van der Waals surface area contributed by atoms with Crippen LogP contribution in [0.1, 0.15) is 10.4 Å². The molecule has 0 N–H and O–H groups in total. The van der Waals surface area contributed by atoms with Gasteiger partial charge >= 0.3 is 0 Å². The largest absolute Gasteiger partial charge is 0.298 e. The van der Waals surface area contributed by atoms with Gasteiger partial charge < -0.3 is 0 Å². The monoisotopic (exact) mass is 133 g/mol. The van der Waals surface area contributed by atoms with Gasteiger partial charge in [0.1, 0.15) is 6.29 Å². The molecule has 0 aliphatic heterocycles. The third kappa shape index (κ3) is 2.63. The maximum Gasteiger partial charge on any atom is 0.150 e. The molecule has 2 heteroatoms. The maximum atomic E-state index is 9.98. The fourth-order valence-electron chi connectivity index (χ4n) is 0.442. The van der Waals surface area contributed by atoms with Crippen LogP contribution >= 0.6 is 0 Å². The summed E-state index contributed by atoms with van der Waals surface area (Å²) in [5, 5.41) is 0. The van der Waals surface area contributed by atoms with E-state index < -0.39 is 0 Å². The summed E-state index contributed by atoms with van der Waals surface area (Å²) in [7, 11) is 0. The van der Waals surface area contributed by atoms with E-state index in [4.69, 9.17) is 0 Å². The van der Waals surface area contributed by atoms with Crippen LogP contribution in [0, 0.1) is 12.8 Å². The molecule has 1 rings (SSSR count). The number of pyridine rings is 1. The minimum absolute atomic E-state index is 0.667. The molecule has 0 amide bonds. The van der Waals surface area contributed by atoms with Gasteiger partial charge in [-0.2, -0.15) is 0 Å². The Labute approximate surface area is 59.9 Å². The van der Waals surface area contributed by atoms with Gasteiger partial charge in [-0.25, -0.2) is 0 Å². The first kappa shape index (κ1) is 8.38. The minimum atomic E-state index is 0.667. The van der Waals surface area contributed by atoms with Crippen molar-refractivity contribution in [3.63, 3.8) is 0 Å². The lowest BCUT2D eigenvalue weighted by Crippen LogP contribution is -1.76. The summed E-state index contributed by atoms with van der Waals surface area (Å²) in [5.74, 6) is 0. The number of terminal acetylenes is 1. The molecule has 1 aromatic rings. The van der Waals surface area contributed by atoms with E-state index in [9.17, 15) is 4.79 Å². The van der Waals surface area contributed by atoms with E-state index in [0.29, 0.717) is 5.56 Å². The van der Waals surface area contributed by atoms with Gasteiger partial charge in [0.25, 0.3) is 0 Å². The van der Waals surface area contributed by atoms with Crippen molar-refractivity contribution in [2.75, 3.05) is 0 Å². The van der Waals surface area contributed by atoms with E-state index in [1.54, 1.807) is 24.5 Å². The Kier molecular flexibility index (Phi) is 4.62. The SMILES string of the molecule is C#C.O=Cc1ccncc1. The second kappa shape index (κ2) is 5.52. The highest BCUT2D eigenvalue weighted by Gasteiger charge is 1.80. The number of rotatable bonds is 1.